The predicted octanol–water partition coefficient (Wildman–Crippen LogP) is 3.00. The molecule has 2 aliphatic rings. The minimum Gasteiger partial charge on any atom is -0.329 e. The number of hydrogen-bond acceptors (Lipinski definition) is 4. The fourth-order valence-corrected chi connectivity index (χ4v) is 5.64. The summed E-state index contributed by atoms with van der Waals surface area (Å²) < 4.78 is 26.5. The standard InChI is InChI=1S/C20H33N3O2S/c1-3-4-5-6-11-23-14-18-19(20(18,2)15-23)16-8-7-9-17(13-16)22-26(24,25)12-10-21/h7-9,13,18-19,22H,3-6,10-12,14-15,21H2,1-2H3. The summed E-state index contributed by atoms with van der Waals surface area (Å²) in [6, 6.07) is 7.92. The highest BCUT2D eigenvalue weighted by molar-refractivity contribution is 7.92. The molecule has 3 rings (SSSR count). The van der Waals surface area contributed by atoms with Gasteiger partial charge in [0, 0.05) is 25.3 Å². The molecule has 0 bridgehead atoms. The maximum atomic E-state index is 11.9. The molecule has 5 nitrogen and oxygen atoms in total. The topological polar surface area (TPSA) is 75.4 Å². The number of likely N-dealkylation sites (tertiary alicyclic amines) is 1. The highest BCUT2D eigenvalue weighted by atomic mass is 32.2. The molecular formula is C20H33N3O2S. The summed E-state index contributed by atoms with van der Waals surface area (Å²) in [5.74, 6) is 1.20. The Hall–Kier alpha value is -1.11. The third kappa shape index (κ3) is 4.24. The van der Waals surface area contributed by atoms with Crippen molar-refractivity contribution in [1.82, 2.24) is 4.90 Å². The highest BCUT2D eigenvalue weighted by Gasteiger charge is 2.65. The number of hydrogen-bond donors (Lipinski definition) is 2. The minimum atomic E-state index is -3.35. The van der Waals surface area contributed by atoms with Gasteiger partial charge in [-0.3, -0.25) is 4.72 Å². The summed E-state index contributed by atoms with van der Waals surface area (Å²) in [6.45, 7) is 8.33. The zero-order valence-corrected chi connectivity index (χ0v) is 16.9. The quantitative estimate of drug-likeness (QED) is 0.613. The Morgan fingerprint density at radius 1 is 1.31 bits per heavy atom. The van der Waals surface area contributed by atoms with E-state index in [1.807, 2.05) is 18.2 Å². The predicted molar refractivity (Wildman–Crippen MR) is 108 cm³/mol. The smallest absolute Gasteiger partial charge is 0.233 e. The van der Waals surface area contributed by atoms with Gasteiger partial charge in [0.15, 0.2) is 0 Å². The molecule has 3 atom stereocenters. The molecule has 2 fully saturated rings. The van der Waals surface area contributed by atoms with Crippen molar-refractivity contribution in [1.29, 1.82) is 0 Å². The summed E-state index contributed by atoms with van der Waals surface area (Å²) in [5.41, 5.74) is 7.64. The first kappa shape index (κ1) is 19.6. The molecule has 0 spiro atoms. The van der Waals surface area contributed by atoms with Gasteiger partial charge in [-0.25, -0.2) is 8.42 Å². The maximum Gasteiger partial charge on any atom is 0.233 e. The Kier molecular flexibility index (Phi) is 5.94. The summed E-state index contributed by atoms with van der Waals surface area (Å²) in [6.07, 6.45) is 5.26. The van der Waals surface area contributed by atoms with E-state index in [0.29, 0.717) is 22.9 Å². The minimum absolute atomic E-state index is 0.0476. The molecule has 1 aliphatic carbocycles. The van der Waals surface area contributed by atoms with Crippen LogP contribution in [0.3, 0.4) is 0 Å². The van der Waals surface area contributed by atoms with Gasteiger partial charge in [-0.2, -0.15) is 0 Å². The van der Waals surface area contributed by atoms with Crippen LogP contribution in [0.2, 0.25) is 0 Å². The molecule has 1 aliphatic heterocycles. The zero-order chi connectivity index (χ0) is 18.8. The van der Waals surface area contributed by atoms with E-state index in [0.717, 1.165) is 6.54 Å². The fourth-order valence-electron chi connectivity index (χ4n) is 4.74. The van der Waals surface area contributed by atoms with E-state index in [9.17, 15) is 8.42 Å². The van der Waals surface area contributed by atoms with E-state index >= 15 is 0 Å². The van der Waals surface area contributed by atoms with Crippen molar-refractivity contribution < 1.29 is 8.42 Å². The number of rotatable bonds is 10. The second-order valence-corrected chi connectivity index (χ2v) is 10.1. The lowest BCUT2D eigenvalue weighted by Crippen LogP contribution is -2.27. The first-order valence-electron chi connectivity index (χ1n) is 9.92. The van der Waals surface area contributed by atoms with Crippen LogP contribution < -0.4 is 10.5 Å². The number of piperidine rings is 1. The number of nitrogens with one attached hydrogen (secondary N) is 1. The van der Waals surface area contributed by atoms with Crippen molar-refractivity contribution in [2.24, 2.45) is 17.1 Å². The first-order chi connectivity index (χ1) is 12.4. The number of anilines is 1. The van der Waals surface area contributed by atoms with Crippen LogP contribution in [0, 0.1) is 11.3 Å². The van der Waals surface area contributed by atoms with Gasteiger partial charge >= 0.3 is 0 Å². The van der Waals surface area contributed by atoms with Gasteiger partial charge in [-0.05, 0) is 47.9 Å². The van der Waals surface area contributed by atoms with E-state index in [1.165, 1.54) is 44.3 Å². The Morgan fingerprint density at radius 3 is 2.77 bits per heavy atom. The van der Waals surface area contributed by atoms with Crippen LogP contribution in [0.15, 0.2) is 24.3 Å². The number of sulfonamides is 1. The lowest BCUT2D eigenvalue weighted by molar-refractivity contribution is 0.271. The van der Waals surface area contributed by atoms with Crippen LogP contribution in [0.25, 0.3) is 0 Å². The number of fused-ring (bicyclic) bond motifs is 1. The zero-order valence-electron chi connectivity index (χ0n) is 16.1. The molecule has 3 unspecified atom stereocenters. The van der Waals surface area contributed by atoms with Gasteiger partial charge in [0.05, 0.1) is 5.75 Å². The van der Waals surface area contributed by atoms with Crippen molar-refractivity contribution in [2.45, 2.75) is 45.4 Å². The summed E-state index contributed by atoms with van der Waals surface area (Å²) in [4.78, 5) is 2.62. The third-order valence-electron chi connectivity index (χ3n) is 6.10. The van der Waals surface area contributed by atoms with Crippen molar-refractivity contribution in [3.05, 3.63) is 29.8 Å². The lowest BCUT2D eigenvalue weighted by atomic mass is 10.00. The van der Waals surface area contributed by atoms with E-state index in [-0.39, 0.29) is 12.3 Å². The number of benzene rings is 1. The number of nitrogens with zero attached hydrogens (tertiary/aromatic N) is 1. The second-order valence-electron chi connectivity index (χ2n) is 8.22. The summed E-state index contributed by atoms with van der Waals surface area (Å²) in [7, 11) is -3.35. The molecule has 0 aromatic heterocycles. The molecule has 0 amide bonds. The lowest BCUT2D eigenvalue weighted by Gasteiger charge is -2.22. The van der Waals surface area contributed by atoms with Crippen LogP contribution in [0.4, 0.5) is 5.69 Å². The van der Waals surface area contributed by atoms with Crippen molar-refractivity contribution >= 4 is 15.7 Å². The fraction of sp³-hybridized carbons (Fsp3) is 0.700. The molecule has 1 heterocycles. The van der Waals surface area contributed by atoms with Gasteiger partial charge in [-0.1, -0.05) is 45.2 Å². The second kappa shape index (κ2) is 7.87. The average molecular weight is 380 g/mol. The van der Waals surface area contributed by atoms with Crippen LogP contribution >= 0.6 is 0 Å². The number of unbranched alkanes of at least 4 members (excludes halogenated alkanes) is 3. The van der Waals surface area contributed by atoms with E-state index in [1.54, 1.807) is 0 Å². The highest BCUT2D eigenvalue weighted by Crippen LogP contribution is 2.68. The molecular weight excluding hydrogens is 346 g/mol. The van der Waals surface area contributed by atoms with Gasteiger partial charge in [0.25, 0.3) is 0 Å². The first-order valence-corrected chi connectivity index (χ1v) is 11.6. The monoisotopic (exact) mass is 379 g/mol. The molecule has 3 N–H and O–H groups in total. The molecule has 146 valence electrons. The van der Waals surface area contributed by atoms with Gasteiger partial charge < -0.3 is 10.6 Å². The van der Waals surface area contributed by atoms with Crippen molar-refractivity contribution in [2.75, 3.05) is 36.7 Å². The van der Waals surface area contributed by atoms with E-state index in [4.69, 9.17) is 5.73 Å². The molecule has 1 saturated carbocycles. The molecule has 1 aromatic rings. The average Bonchev–Trinajstić information content (AvgIpc) is 2.98. The van der Waals surface area contributed by atoms with E-state index < -0.39 is 10.0 Å². The van der Waals surface area contributed by atoms with Crippen molar-refractivity contribution in [3.8, 4) is 0 Å². The molecule has 26 heavy (non-hydrogen) atoms. The van der Waals surface area contributed by atoms with Gasteiger partial charge in [0.2, 0.25) is 10.0 Å². The van der Waals surface area contributed by atoms with Crippen LogP contribution in [0.5, 0.6) is 0 Å². The number of nitrogens with two attached hydrogens (primary N) is 1. The molecule has 1 aromatic carbocycles. The Labute approximate surface area is 158 Å². The van der Waals surface area contributed by atoms with Crippen molar-refractivity contribution in [3.63, 3.8) is 0 Å². The largest absolute Gasteiger partial charge is 0.329 e. The Bertz CT molecular complexity index is 722. The molecule has 0 radical (unpaired) electrons. The molecule has 1 saturated heterocycles. The van der Waals surface area contributed by atoms with Crippen LogP contribution in [-0.2, 0) is 10.0 Å². The summed E-state index contributed by atoms with van der Waals surface area (Å²) in [5, 5.41) is 0. The van der Waals surface area contributed by atoms with Gasteiger partial charge in [-0.15, -0.1) is 0 Å². The third-order valence-corrected chi connectivity index (χ3v) is 7.42. The van der Waals surface area contributed by atoms with Crippen LogP contribution in [-0.4, -0.2) is 45.2 Å². The van der Waals surface area contributed by atoms with Crippen LogP contribution in [0.1, 0.15) is 51.0 Å². The summed E-state index contributed by atoms with van der Waals surface area (Å²) >= 11 is 0. The van der Waals surface area contributed by atoms with Gasteiger partial charge in [0.1, 0.15) is 0 Å². The SMILES string of the molecule is CCCCCCN1CC2C(c3cccc(NS(=O)(=O)CCN)c3)C2(C)C1. The Balaban J connectivity index is 1.58. The molecule has 6 heteroatoms. The maximum absolute atomic E-state index is 11.9. The Morgan fingerprint density at radius 2 is 2.12 bits per heavy atom. The van der Waals surface area contributed by atoms with E-state index in [2.05, 4.69) is 29.5 Å². The normalized spacial score (nSPS) is 28.1.